The molecule has 2 amide bonds. The lowest BCUT2D eigenvalue weighted by Gasteiger charge is -2.40. The number of hydrazine groups is 1. The Bertz CT molecular complexity index is 977. The zero-order valence-electron chi connectivity index (χ0n) is 18.4. The quantitative estimate of drug-likeness (QED) is 0.541. The number of nitrogens with one attached hydrogen (secondary N) is 2. The number of hydrogen-bond acceptors (Lipinski definition) is 7. The maximum Gasteiger partial charge on any atom is 0.335 e. The molecule has 1 saturated carbocycles. The normalized spacial score (nSPS) is 18.7. The molecule has 1 aromatic carbocycles. The molecule has 2 aromatic rings. The van der Waals surface area contributed by atoms with E-state index in [1.54, 1.807) is 33.6 Å². The topological polar surface area (TPSA) is 115 Å². The number of nitrogens with zero attached hydrogens (tertiary/aromatic N) is 3. The Morgan fingerprint density at radius 3 is 2.73 bits per heavy atom. The van der Waals surface area contributed by atoms with Crippen LogP contribution in [0.4, 0.5) is 10.8 Å². The largest absolute Gasteiger partial charge is 0.478 e. The van der Waals surface area contributed by atoms with Crippen molar-refractivity contribution >= 4 is 39.9 Å². The highest BCUT2D eigenvalue weighted by atomic mass is 32.1. The van der Waals surface area contributed by atoms with Gasteiger partial charge < -0.3 is 20.7 Å². The van der Waals surface area contributed by atoms with Crippen LogP contribution < -0.4 is 10.7 Å². The van der Waals surface area contributed by atoms with Crippen molar-refractivity contribution in [1.82, 2.24) is 14.9 Å². The molecule has 1 aromatic heterocycles. The number of anilines is 2. The van der Waals surface area contributed by atoms with Crippen LogP contribution in [0, 0.1) is 5.92 Å². The predicted molar refractivity (Wildman–Crippen MR) is 126 cm³/mol. The molecule has 1 aliphatic carbocycles. The third-order valence-corrected chi connectivity index (χ3v) is 6.97. The van der Waals surface area contributed by atoms with Gasteiger partial charge in [0.25, 0.3) is 0 Å². The number of aromatic nitrogens is 1. The summed E-state index contributed by atoms with van der Waals surface area (Å²) in [4.78, 5) is 43.4. The van der Waals surface area contributed by atoms with E-state index in [0.717, 1.165) is 12.8 Å². The van der Waals surface area contributed by atoms with E-state index in [1.165, 1.54) is 42.7 Å². The summed E-state index contributed by atoms with van der Waals surface area (Å²) in [6.45, 7) is 1.03. The van der Waals surface area contributed by atoms with Gasteiger partial charge in [0.2, 0.25) is 11.8 Å². The molecule has 3 N–H and O–H groups in total. The van der Waals surface area contributed by atoms with Gasteiger partial charge in [0.15, 0.2) is 5.13 Å². The standard InChI is InChI=1S/C23H29N5O4S/c29-20-15-27(26-18-8-4-7-17(14-18)22(31)32)10-11-28(20)19(13-16-5-2-1-3-6-16)21(30)25-23-24-9-12-33-23/h4,7-9,12,14,16,19,26H,1-3,5-6,10-11,13,15H2,(H,31,32)(H,24,25,30). The van der Waals surface area contributed by atoms with Gasteiger partial charge in [-0.2, -0.15) is 0 Å². The number of carboxylic acid groups (broad SMARTS) is 1. The second kappa shape index (κ2) is 10.8. The molecular weight excluding hydrogens is 442 g/mol. The Morgan fingerprint density at radius 1 is 1.21 bits per heavy atom. The summed E-state index contributed by atoms with van der Waals surface area (Å²) in [5.74, 6) is -0.873. The fraction of sp³-hybridized carbons (Fsp3) is 0.478. The van der Waals surface area contributed by atoms with Crippen molar-refractivity contribution in [2.75, 3.05) is 30.4 Å². The Kier molecular flexibility index (Phi) is 7.56. The molecule has 9 nitrogen and oxygen atoms in total. The van der Waals surface area contributed by atoms with E-state index in [4.69, 9.17) is 0 Å². The van der Waals surface area contributed by atoms with E-state index in [0.29, 0.717) is 36.2 Å². The highest BCUT2D eigenvalue weighted by Gasteiger charge is 2.36. The Balaban J connectivity index is 1.42. The van der Waals surface area contributed by atoms with Crippen LogP contribution in [-0.2, 0) is 9.59 Å². The maximum atomic E-state index is 13.2. The van der Waals surface area contributed by atoms with Crippen molar-refractivity contribution < 1.29 is 19.5 Å². The molecule has 1 atom stereocenters. The predicted octanol–water partition coefficient (Wildman–Crippen LogP) is 3.29. The van der Waals surface area contributed by atoms with Crippen LogP contribution in [-0.4, -0.2) is 63.5 Å². The lowest BCUT2D eigenvalue weighted by molar-refractivity contribution is -0.143. The van der Waals surface area contributed by atoms with E-state index in [-0.39, 0.29) is 23.9 Å². The van der Waals surface area contributed by atoms with Gasteiger partial charge in [-0.15, -0.1) is 11.3 Å². The van der Waals surface area contributed by atoms with Gasteiger partial charge in [-0.25, -0.2) is 14.8 Å². The van der Waals surface area contributed by atoms with Gasteiger partial charge in [0, 0.05) is 30.4 Å². The first-order valence-electron chi connectivity index (χ1n) is 11.3. The second-order valence-corrected chi connectivity index (χ2v) is 9.48. The number of carbonyl (C=O) groups excluding carboxylic acids is 2. The van der Waals surface area contributed by atoms with Crippen LogP contribution in [0.25, 0.3) is 0 Å². The summed E-state index contributed by atoms with van der Waals surface area (Å²) in [5, 5.41) is 16.2. The van der Waals surface area contributed by atoms with Crippen LogP contribution in [0.3, 0.4) is 0 Å². The molecule has 1 saturated heterocycles. The van der Waals surface area contributed by atoms with Crippen LogP contribution in [0.15, 0.2) is 35.8 Å². The van der Waals surface area contributed by atoms with Crippen molar-refractivity contribution in [1.29, 1.82) is 0 Å². The highest BCUT2D eigenvalue weighted by molar-refractivity contribution is 7.13. The highest BCUT2D eigenvalue weighted by Crippen LogP contribution is 2.30. The number of carbonyl (C=O) groups is 3. The van der Waals surface area contributed by atoms with Gasteiger partial charge in [-0.05, 0) is 30.5 Å². The van der Waals surface area contributed by atoms with E-state index >= 15 is 0 Å². The molecule has 2 aliphatic rings. The minimum absolute atomic E-state index is 0.100. The van der Waals surface area contributed by atoms with Crippen LogP contribution >= 0.6 is 11.3 Å². The second-order valence-electron chi connectivity index (χ2n) is 8.59. The molecule has 4 rings (SSSR count). The zero-order chi connectivity index (χ0) is 23.2. The van der Waals surface area contributed by atoms with E-state index < -0.39 is 12.0 Å². The molecule has 176 valence electrons. The third-order valence-electron chi connectivity index (χ3n) is 6.28. The first-order chi connectivity index (χ1) is 16.0. The number of carboxylic acids is 1. The fourth-order valence-electron chi connectivity index (χ4n) is 4.60. The van der Waals surface area contributed by atoms with Crippen LogP contribution in [0.2, 0.25) is 0 Å². The summed E-state index contributed by atoms with van der Waals surface area (Å²) in [6, 6.07) is 5.95. The van der Waals surface area contributed by atoms with Gasteiger partial charge in [-0.3, -0.25) is 9.59 Å². The first kappa shape index (κ1) is 23.2. The molecule has 2 heterocycles. The lowest BCUT2D eigenvalue weighted by Crippen LogP contribution is -2.58. The van der Waals surface area contributed by atoms with Gasteiger partial charge >= 0.3 is 5.97 Å². The SMILES string of the molecule is O=C(O)c1cccc(NN2CCN(C(CC3CCCCC3)C(=O)Nc3nccs3)C(=O)C2)c1. The van der Waals surface area contributed by atoms with E-state index in [1.807, 2.05) is 0 Å². The van der Waals surface area contributed by atoms with Gasteiger partial charge in [0.05, 0.1) is 12.1 Å². The molecule has 1 unspecified atom stereocenters. The number of hydrogen-bond donors (Lipinski definition) is 3. The van der Waals surface area contributed by atoms with E-state index in [2.05, 4.69) is 15.7 Å². The zero-order valence-corrected chi connectivity index (χ0v) is 19.2. The third kappa shape index (κ3) is 6.08. The van der Waals surface area contributed by atoms with Crippen molar-refractivity contribution in [2.45, 2.75) is 44.6 Å². The Hall–Kier alpha value is -2.98. The molecule has 2 fully saturated rings. The number of amides is 2. The molecule has 0 radical (unpaired) electrons. The Morgan fingerprint density at radius 2 is 2.03 bits per heavy atom. The smallest absolute Gasteiger partial charge is 0.335 e. The first-order valence-corrected chi connectivity index (χ1v) is 12.2. The lowest BCUT2D eigenvalue weighted by atomic mass is 9.84. The Labute approximate surface area is 196 Å². The summed E-state index contributed by atoms with van der Waals surface area (Å²) >= 11 is 1.36. The fourth-order valence-corrected chi connectivity index (χ4v) is 5.14. The minimum Gasteiger partial charge on any atom is -0.478 e. The number of rotatable bonds is 8. The summed E-state index contributed by atoms with van der Waals surface area (Å²) < 4.78 is 0. The van der Waals surface area contributed by atoms with Crippen molar-refractivity contribution in [2.24, 2.45) is 5.92 Å². The molecule has 33 heavy (non-hydrogen) atoms. The van der Waals surface area contributed by atoms with E-state index in [9.17, 15) is 19.5 Å². The molecular formula is C23H29N5O4S. The minimum atomic E-state index is -1.00. The monoisotopic (exact) mass is 471 g/mol. The van der Waals surface area contributed by atoms with Crippen molar-refractivity contribution in [3.05, 3.63) is 41.4 Å². The van der Waals surface area contributed by atoms with Crippen LogP contribution in [0.1, 0.15) is 48.9 Å². The molecule has 10 heteroatoms. The number of benzene rings is 1. The average molecular weight is 472 g/mol. The number of piperazine rings is 1. The number of thiazole rings is 1. The number of aromatic carboxylic acids is 1. The van der Waals surface area contributed by atoms with Crippen molar-refractivity contribution in [3.63, 3.8) is 0 Å². The summed E-state index contributed by atoms with van der Waals surface area (Å²) in [6.07, 6.45) is 8.08. The van der Waals surface area contributed by atoms with Crippen molar-refractivity contribution in [3.8, 4) is 0 Å². The molecule has 1 aliphatic heterocycles. The average Bonchev–Trinajstić information content (AvgIpc) is 3.32. The van der Waals surface area contributed by atoms with Gasteiger partial charge in [-0.1, -0.05) is 38.2 Å². The molecule has 0 spiro atoms. The molecule has 0 bridgehead atoms. The van der Waals surface area contributed by atoms with Gasteiger partial charge in [0.1, 0.15) is 6.04 Å². The van der Waals surface area contributed by atoms with Crippen LogP contribution in [0.5, 0.6) is 0 Å². The summed E-state index contributed by atoms with van der Waals surface area (Å²) in [5.41, 5.74) is 3.91. The summed E-state index contributed by atoms with van der Waals surface area (Å²) in [7, 11) is 0. The maximum absolute atomic E-state index is 13.2.